The number of anilines is 2. The highest BCUT2D eigenvalue weighted by atomic mass is 35.5. The molecule has 0 saturated carbocycles. The van der Waals surface area contributed by atoms with E-state index in [0.717, 1.165) is 18.2 Å². The number of ether oxygens (including phenoxy) is 1. The van der Waals surface area contributed by atoms with E-state index in [4.69, 9.17) is 20.9 Å². The van der Waals surface area contributed by atoms with Gasteiger partial charge in [-0.15, -0.1) is 0 Å². The molecule has 0 amide bonds. The highest BCUT2D eigenvalue weighted by Gasteiger charge is 2.32. The highest BCUT2D eigenvalue weighted by Crippen LogP contribution is 2.42. The first kappa shape index (κ1) is 17.8. The number of hydrogen-bond acceptors (Lipinski definition) is 4. The standard InChI is InChI=1S/C15H11ClF3NO4S/c16-11-7-9(15(17,18)19)1-3-12(11)20-5-6-24-14-8-10(25(21,22)23)2-4-13(14)20/h1-4,7-8H,5-6H2,(H,21,22,23). The summed E-state index contributed by atoms with van der Waals surface area (Å²) >= 11 is 6.02. The van der Waals surface area contributed by atoms with Gasteiger partial charge >= 0.3 is 6.18 Å². The molecule has 3 rings (SSSR count). The van der Waals surface area contributed by atoms with Crippen LogP contribution in [0.2, 0.25) is 5.02 Å². The van der Waals surface area contributed by atoms with Crippen LogP contribution in [0.1, 0.15) is 5.56 Å². The molecule has 0 radical (unpaired) electrons. The van der Waals surface area contributed by atoms with Crippen molar-refractivity contribution in [3.8, 4) is 5.75 Å². The van der Waals surface area contributed by atoms with E-state index in [2.05, 4.69) is 0 Å². The fourth-order valence-corrected chi connectivity index (χ4v) is 3.29. The summed E-state index contributed by atoms with van der Waals surface area (Å²) in [5.41, 5.74) is -0.101. The second kappa shape index (κ2) is 6.08. The molecule has 1 aliphatic heterocycles. The molecular formula is C15H11ClF3NO4S. The average Bonchev–Trinajstić information content (AvgIpc) is 2.52. The summed E-state index contributed by atoms with van der Waals surface area (Å²) in [6.07, 6.45) is -4.50. The molecule has 134 valence electrons. The maximum absolute atomic E-state index is 12.8. The van der Waals surface area contributed by atoms with Crippen LogP contribution in [-0.2, 0) is 16.3 Å². The monoisotopic (exact) mass is 393 g/mol. The van der Waals surface area contributed by atoms with Crippen molar-refractivity contribution in [2.75, 3.05) is 18.1 Å². The SMILES string of the molecule is O=S(=O)(O)c1ccc2c(c1)OCCN2c1ccc(C(F)(F)F)cc1Cl. The second-order valence-electron chi connectivity index (χ2n) is 5.27. The molecule has 0 saturated heterocycles. The van der Waals surface area contributed by atoms with Gasteiger partial charge in [-0.1, -0.05) is 11.6 Å². The summed E-state index contributed by atoms with van der Waals surface area (Å²) in [4.78, 5) is 1.28. The zero-order chi connectivity index (χ0) is 18.4. The van der Waals surface area contributed by atoms with Crippen molar-refractivity contribution >= 4 is 33.1 Å². The summed E-state index contributed by atoms with van der Waals surface area (Å²) in [5.74, 6) is 0.178. The van der Waals surface area contributed by atoms with Crippen LogP contribution in [0.5, 0.6) is 5.75 Å². The number of nitrogens with zero attached hydrogens (tertiary/aromatic N) is 1. The van der Waals surface area contributed by atoms with Crippen molar-refractivity contribution in [3.63, 3.8) is 0 Å². The molecule has 0 aromatic heterocycles. The van der Waals surface area contributed by atoms with Crippen molar-refractivity contribution in [1.82, 2.24) is 0 Å². The lowest BCUT2D eigenvalue weighted by Gasteiger charge is -2.32. The van der Waals surface area contributed by atoms with Gasteiger partial charge < -0.3 is 9.64 Å². The van der Waals surface area contributed by atoms with E-state index in [1.807, 2.05) is 0 Å². The quantitative estimate of drug-likeness (QED) is 0.777. The molecule has 1 heterocycles. The molecule has 2 aromatic carbocycles. The smallest absolute Gasteiger partial charge is 0.416 e. The first-order valence-electron chi connectivity index (χ1n) is 6.96. The Labute approximate surface area is 146 Å². The number of halogens is 4. The summed E-state index contributed by atoms with van der Waals surface area (Å²) in [6, 6.07) is 6.71. The van der Waals surface area contributed by atoms with E-state index in [0.29, 0.717) is 17.9 Å². The lowest BCUT2D eigenvalue weighted by atomic mass is 10.1. The predicted molar refractivity (Wildman–Crippen MR) is 85.2 cm³/mol. The van der Waals surface area contributed by atoms with Crippen LogP contribution in [0.15, 0.2) is 41.3 Å². The maximum Gasteiger partial charge on any atom is 0.416 e. The van der Waals surface area contributed by atoms with Crippen molar-refractivity contribution < 1.29 is 30.9 Å². The Bertz CT molecular complexity index is 931. The molecule has 0 fully saturated rings. The maximum atomic E-state index is 12.8. The van der Waals surface area contributed by atoms with E-state index in [1.54, 1.807) is 4.90 Å². The third kappa shape index (κ3) is 3.53. The zero-order valence-electron chi connectivity index (χ0n) is 12.4. The van der Waals surface area contributed by atoms with Crippen LogP contribution in [0.25, 0.3) is 0 Å². The second-order valence-corrected chi connectivity index (χ2v) is 7.10. The molecular weight excluding hydrogens is 383 g/mol. The van der Waals surface area contributed by atoms with Gasteiger partial charge in [-0.05, 0) is 30.3 Å². The van der Waals surface area contributed by atoms with Gasteiger partial charge in [-0.2, -0.15) is 21.6 Å². The largest absolute Gasteiger partial charge is 0.489 e. The predicted octanol–water partition coefficient (Wildman–Crippen LogP) is 4.14. The molecule has 10 heteroatoms. The third-order valence-electron chi connectivity index (χ3n) is 3.66. The number of hydrogen-bond donors (Lipinski definition) is 1. The molecule has 0 aliphatic carbocycles. The molecule has 0 atom stereocenters. The normalized spacial score (nSPS) is 14.8. The van der Waals surface area contributed by atoms with Gasteiger partial charge in [-0.3, -0.25) is 4.55 Å². The van der Waals surface area contributed by atoms with Crippen LogP contribution in [-0.4, -0.2) is 26.1 Å². The van der Waals surface area contributed by atoms with Gasteiger partial charge in [0.1, 0.15) is 12.4 Å². The van der Waals surface area contributed by atoms with Crippen molar-refractivity contribution in [2.45, 2.75) is 11.1 Å². The zero-order valence-corrected chi connectivity index (χ0v) is 14.0. The van der Waals surface area contributed by atoms with Crippen molar-refractivity contribution in [3.05, 3.63) is 47.0 Å². The van der Waals surface area contributed by atoms with Crippen LogP contribution >= 0.6 is 11.6 Å². The topological polar surface area (TPSA) is 66.8 Å². The molecule has 1 N–H and O–H groups in total. The van der Waals surface area contributed by atoms with Crippen molar-refractivity contribution in [1.29, 1.82) is 0 Å². The minimum Gasteiger partial charge on any atom is -0.489 e. The summed E-state index contributed by atoms with van der Waals surface area (Å²) in [5, 5.41) is -0.0958. The van der Waals surface area contributed by atoms with Crippen molar-refractivity contribution in [2.24, 2.45) is 0 Å². The molecule has 0 bridgehead atoms. The van der Waals surface area contributed by atoms with E-state index in [-0.39, 0.29) is 22.3 Å². The van der Waals surface area contributed by atoms with Gasteiger partial charge in [0, 0.05) is 6.07 Å². The Balaban J connectivity index is 2.04. The van der Waals surface area contributed by atoms with Gasteiger partial charge in [0.2, 0.25) is 0 Å². The van der Waals surface area contributed by atoms with Crippen LogP contribution in [0.4, 0.5) is 24.5 Å². The summed E-state index contributed by atoms with van der Waals surface area (Å²) in [6.45, 7) is 0.475. The third-order valence-corrected chi connectivity index (χ3v) is 4.81. The minimum absolute atomic E-state index is 0.0958. The molecule has 1 aliphatic rings. The lowest BCUT2D eigenvalue weighted by Crippen LogP contribution is -2.29. The van der Waals surface area contributed by atoms with Gasteiger partial charge in [0.25, 0.3) is 10.1 Å². The van der Waals surface area contributed by atoms with Crippen LogP contribution in [0, 0.1) is 0 Å². The van der Waals surface area contributed by atoms with Crippen LogP contribution < -0.4 is 9.64 Å². The van der Waals surface area contributed by atoms with Crippen LogP contribution in [0.3, 0.4) is 0 Å². The Morgan fingerprint density at radius 3 is 2.40 bits per heavy atom. The molecule has 0 spiro atoms. The Morgan fingerprint density at radius 1 is 1.12 bits per heavy atom. The lowest BCUT2D eigenvalue weighted by molar-refractivity contribution is -0.137. The summed E-state index contributed by atoms with van der Waals surface area (Å²) in [7, 11) is -4.40. The number of benzene rings is 2. The first-order chi connectivity index (χ1) is 11.6. The van der Waals surface area contributed by atoms with E-state index in [1.165, 1.54) is 18.2 Å². The Kier molecular flexibility index (Phi) is 4.34. The first-order valence-corrected chi connectivity index (χ1v) is 8.78. The molecule has 5 nitrogen and oxygen atoms in total. The Hall–Kier alpha value is -1.97. The Morgan fingerprint density at radius 2 is 1.80 bits per heavy atom. The number of fused-ring (bicyclic) bond motifs is 1. The number of rotatable bonds is 2. The van der Waals surface area contributed by atoms with E-state index < -0.39 is 21.9 Å². The molecule has 2 aromatic rings. The molecule has 0 unspecified atom stereocenters. The molecule has 25 heavy (non-hydrogen) atoms. The highest BCUT2D eigenvalue weighted by molar-refractivity contribution is 7.85. The van der Waals surface area contributed by atoms with Gasteiger partial charge in [0.15, 0.2) is 0 Å². The minimum atomic E-state index is -4.50. The average molecular weight is 394 g/mol. The van der Waals surface area contributed by atoms with E-state index in [9.17, 15) is 21.6 Å². The van der Waals surface area contributed by atoms with Gasteiger partial charge in [-0.25, -0.2) is 0 Å². The number of alkyl halides is 3. The van der Waals surface area contributed by atoms with E-state index >= 15 is 0 Å². The fraction of sp³-hybridized carbons (Fsp3) is 0.200. The fourth-order valence-electron chi connectivity index (χ4n) is 2.51. The van der Waals surface area contributed by atoms with Gasteiger partial charge in [0.05, 0.1) is 33.4 Å². The summed E-state index contributed by atoms with van der Waals surface area (Å²) < 4.78 is 75.2.